The minimum Gasteiger partial charge on any atom is -0.387 e. The Labute approximate surface area is 338 Å². The number of β-amino-alcohol motifs (C(OH)–C–C–N with tert-alkyl or cyclic N) is 1. The Bertz CT molecular complexity index is 2080. The van der Waals surface area contributed by atoms with E-state index in [9.17, 15) is 50.7 Å². The molecule has 19 heteroatoms. The van der Waals surface area contributed by atoms with Crippen molar-refractivity contribution in [3.8, 4) is 0 Å². The molecule has 0 aliphatic carbocycles. The van der Waals surface area contributed by atoms with Gasteiger partial charge in [-0.1, -0.05) is 12.1 Å². The molecule has 0 radical (unpaired) electrons. The Morgan fingerprint density at radius 3 is 1.46 bits per heavy atom. The topological polar surface area (TPSA) is 223 Å². The minimum atomic E-state index is -1.58. The van der Waals surface area contributed by atoms with E-state index < -0.39 is 44.2 Å². The van der Waals surface area contributed by atoms with Crippen LogP contribution in [0.2, 0.25) is 0 Å². The van der Waals surface area contributed by atoms with Gasteiger partial charge in [-0.15, -0.1) is 0 Å². The maximum atomic E-state index is 16.7. The lowest BCUT2D eigenvalue weighted by Crippen LogP contribution is -2.72. The number of rotatable bonds is 17. The van der Waals surface area contributed by atoms with Gasteiger partial charge in [-0.2, -0.15) is 0 Å². The van der Waals surface area contributed by atoms with Gasteiger partial charge < -0.3 is 14.7 Å². The largest absolute Gasteiger partial charge is 0.387 e. The molecular weight excluding hydrogens is 771 g/mol. The molecule has 2 heterocycles. The summed E-state index contributed by atoms with van der Waals surface area (Å²) in [6.45, 7) is 4.41. The van der Waals surface area contributed by atoms with Crippen LogP contribution in [0.4, 0.5) is 27.1 Å². The van der Waals surface area contributed by atoms with Crippen LogP contribution in [0.5, 0.6) is 0 Å². The van der Waals surface area contributed by atoms with Crippen molar-refractivity contribution in [2.24, 2.45) is 0 Å². The first-order valence-electron chi connectivity index (χ1n) is 19.2. The predicted octanol–water partition coefficient (Wildman–Crippen LogP) is 5.12. The monoisotopic (exact) mass is 817 g/mol. The molecule has 312 valence electrons. The van der Waals surface area contributed by atoms with Gasteiger partial charge in [0.05, 0.1) is 38.9 Å². The molecule has 4 aromatic rings. The summed E-state index contributed by atoms with van der Waals surface area (Å²) in [4.78, 5) is 49.5. The second kappa shape index (κ2) is 18.8. The Balaban J connectivity index is 1.26. The number of hydrogen-bond donors (Lipinski definition) is 2. The number of halogens is 1. The molecule has 2 aliphatic heterocycles. The molecule has 4 unspecified atom stereocenters. The van der Waals surface area contributed by atoms with Gasteiger partial charge in [-0.25, -0.2) is 9.29 Å². The summed E-state index contributed by atoms with van der Waals surface area (Å²) in [5.74, 6) is 0. The van der Waals surface area contributed by atoms with Crippen LogP contribution in [-0.2, 0) is 6.42 Å². The van der Waals surface area contributed by atoms with Gasteiger partial charge in [-0.05, 0) is 65.1 Å². The van der Waals surface area contributed by atoms with E-state index in [0.717, 1.165) is 5.56 Å². The van der Waals surface area contributed by atoms with E-state index in [2.05, 4.69) is 9.80 Å². The SMILES string of the molecule is O=[N+]([O-])c1ccc(CCN2CC[N+](CC(F)c3ccc([N+](=O)[O-])cc3)(C(C(O)c3ccc([N+](=O)[O-])cc3)N3CCN(CC(O)c4ccc([N+](=O)[O-])cc4)CC3)CC2)cc1. The lowest BCUT2D eigenvalue weighted by molar-refractivity contribution is -0.972. The third-order valence-corrected chi connectivity index (χ3v) is 11.6. The zero-order valence-corrected chi connectivity index (χ0v) is 32.1. The zero-order valence-electron chi connectivity index (χ0n) is 32.1. The van der Waals surface area contributed by atoms with Crippen LogP contribution in [0.3, 0.4) is 0 Å². The van der Waals surface area contributed by atoms with Gasteiger partial charge >= 0.3 is 0 Å². The number of non-ortho nitro benzene ring substituents is 4. The van der Waals surface area contributed by atoms with Crippen LogP contribution in [0.25, 0.3) is 0 Å². The van der Waals surface area contributed by atoms with Crippen LogP contribution in [0.1, 0.15) is 40.6 Å². The van der Waals surface area contributed by atoms with Gasteiger partial charge in [0.15, 0.2) is 12.3 Å². The molecule has 0 amide bonds. The van der Waals surface area contributed by atoms with E-state index >= 15 is 4.39 Å². The lowest BCUT2D eigenvalue weighted by Gasteiger charge is -2.55. The van der Waals surface area contributed by atoms with E-state index in [4.69, 9.17) is 0 Å². The van der Waals surface area contributed by atoms with Crippen molar-refractivity contribution in [2.75, 3.05) is 72.0 Å². The molecule has 0 saturated carbocycles. The molecular formula is C40H46FN8O10+. The number of alkyl halides is 1. The molecule has 0 aromatic heterocycles. The highest BCUT2D eigenvalue weighted by Gasteiger charge is 2.49. The summed E-state index contributed by atoms with van der Waals surface area (Å²) in [7, 11) is 0. The molecule has 0 bridgehead atoms. The normalized spacial score (nSPS) is 18.4. The third kappa shape index (κ3) is 10.4. The zero-order chi connectivity index (χ0) is 42.3. The maximum absolute atomic E-state index is 16.7. The molecule has 6 rings (SSSR count). The lowest BCUT2D eigenvalue weighted by atomic mass is 9.98. The molecule has 2 aliphatic rings. The Morgan fingerprint density at radius 2 is 1.00 bits per heavy atom. The molecule has 2 saturated heterocycles. The first-order valence-corrected chi connectivity index (χ1v) is 19.2. The average Bonchev–Trinajstić information content (AvgIpc) is 3.24. The first-order chi connectivity index (χ1) is 28.2. The molecule has 2 N–H and O–H groups in total. The highest BCUT2D eigenvalue weighted by Crippen LogP contribution is 2.37. The van der Waals surface area contributed by atoms with Crippen LogP contribution >= 0.6 is 0 Å². The Hall–Kier alpha value is -5.83. The fraction of sp³-hybridized carbons (Fsp3) is 0.400. The van der Waals surface area contributed by atoms with E-state index in [0.29, 0.717) is 76.5 Å². The molecule has 4 aromatic carbocycles. The van der Waals surface area contributed by atoms with Gasteiger partial charge in [-0.3, -0.25) is 50.3 Å². The van der Waals surface area contributed by atoms with Gasteiger partial charge in [0.25, 0.3) is 22.7 Å². The Kier molecular flexibility index (Phi) is 13.7. The van der Waals surface area contributed by atoms with E-state index in [1.165, 1.54) is 84.9 Å². The van der Waals surface area contributed by atoms with Crippen LogP contribution in [0.15, 0.2) is 97.1 Å². The summed E-state index contributed by atoms with van der Waals surface area (Å²) in [5, 5.41) is 68.5. The van der Waals surface area contributed by atoms with E-state index in [1.54, 1.807) is 12.1 Å². The molecule has 59 heavy (non-hydrogen) atoms. The second-order valence-corrected chi connectivity index (χ2v) is 15.1. The second-order valence-electron chi connectivity index (χ2n) is 15.1. The van der Waals surface area contributed by atoms with E-state index in [-0.39, 0.29) is 45.9 Å². The predicted molar refractivity (Wildman–Crippen MR) is 213 cm³/mol. The van der Waals surface area contributed by atoms with Crippen LogP contribution < -0.4 is 0 Å². The minimum absolute atomic E-state index is 0.00160. The summed E-state index contributed by atoms with van der Waals surface area (Å²) in [6.07, 6.45) is -3.83. The highest BCUT2D eigenvalue weighted by atomic mass is 19.1. The van der Waals surface area contributed by atoms with Crippen molar-refractivity contribution < 1.29 is 38.8 Å². The van der Waals surface area contributed by atoms with Crippen LogP contribution in [-0.4, -0.2) is 127 Å². The summed E-state index contributed by atoms with van der Waals surface area (Å²) < 4.78 is 16.8. The number of nitro benzene ring substituents is 4. The molecule has 0 spiro atoms. The molecule has 2 fully saturated rings. The number of hydrogen-bond acceptors (Lipinski definition) is 13. The maximum Gasteiger partial charge on any atom is 0.269 e. The quantitative estimate of drug-likeness (QED) is 0.0804. The average molecular weight is 818 g/mol. The van der Waals surface area contributed by atoms with Gasteiger partial charge in [0, 0.05) is 101 Å². The fourth-order valence-electron chi connectivity index (χ4n) is 8.17. The summed E-state index contributed by atoms with van der Waals surface area (Å²) in [6, 6.07) is 23.1. The number of nitro groups is 4. The number of nitrogens with zero attached hydrogens (tertiary/aromatic N) is 8. The van der Waals surface area contributed by atoms with Crippen molar-refractivity contribution in [3.05, 3.63) is 160 Å². The van der Waals surface area contributed by atoms with Crippen molar-refractivity contribution in [1.29, 1.82) is 0 Å². The standard InChI is InChI=1S/C40H46FN8O10/c41-37(30-3-11-34(12-4-30)46(54)55)28-49(25-23-42(24-26-49)18-17-29-1-9-33(10-2-29)45(52)53)40(39(51)32-7-15-36(16-8-32)48(58)59)44-21-19-43(20-22-44)27-38(50)31-5-13-35(14-6-31)47(56)57/h1-16,37-40,50-51H,17-28H2/q+1. The summed E-state index contributed by atoms with van der Waals surface area (Å²) in [5.41, 5.74) is 1.72. The molecule has 18 nitrogen and oxygen atoms in total. The number of aliphatic hydroxyl groups excluding tert-OH is 2. The van der Waals surface area contributed by atoms with Crippen molar-refractivity contribution in [1.82, 2.24) is 14.7 Å². The van der Waals surface area contributed by atoms with Crippen molar-refractivity contribution >= 4 is 22.7 Å². The number of piperazine rings is 2. The van der Waals surface area contributed by atoms with Crippen molar-refractivity contribution in [2.45, 2.75) is 31.0 Å². The number of benzene rings is 4. The van der Waals surface area contributed by atoms with Crippen molar-refractivity contribution in [3.63, 3.8) is 0 Å². The van der Waals surface area contributed by atoms with Crippen LogP contribution in [0, 0.1) is 40.5 Å². The third-order valence-electron chi connectivity index (χ3n) is 11.6. The number of aliphatic hydroxyl groups is 2. The van der Waals surface area contributed by atoms with Gasteiger partial charge in [0.2, 0.25) is 0 Å². The van der Waals surface area contributed by atoms with E-state index in [1.807, 2.05) is 4.90 Å². The highest BCUT2D eigenvalue weighted by molar-refractivity contribution is 5.36. The fourth-order valence-corrected chi connectivity index (χ4v) is 8.17. The first kappa shape index (κ1) is 42.8. The number of quaternary nitrogens is 1. The molecule has 4 atom stereocenters. The Morgan fingerprint density at radius 1 is 0.576 bits per heavy atom. The van der Waals surface area contributed by atoms with Gasteiger partial charge in [0.1, 0.15) is 12.6 Å². The smallest absolute Gasteiger partial charge is 0.269 e. The summed E-state index contributed by atoms with van der Waals surface area (Å²) >= 11 is 0.